The summed E-state index contributed by atoms with van der Waals surface area (Å²) in [6.07, 6.45) is 3.77. The number of hydrogen-bond donors (Lipinski definition) is 0. The lowest BCUT2D eigenvalue weighted by atomic mass is 10.00. The van der Waals surface area contributed by atoms with Crippen LogP contribution in [0.5, 0.6) is 0 Å². The van der Waals surface area contributed by atoms with E-state index in [1.807, 2.05) is 12.3 Å². The van der Waals surface area contributed by atoms with Crippen LogP contribution in [0.15, 0.2) is 12.3 Å². The van der Waals surface area contributed by atoms with Gasteiger partial charge in [-0.15, -0.1) is 11.8 Å². The molecule has 1 unspecified atom stereocenters. The zero-order valence-electron chi connectivity index (χ0n) is 7.80. The van der Waals surface area contributed by atoms with Gasteiger partial charge in [-0.2, -0.15) is 0 Å². The first-order chi connectivity index (χ1) is 6.70. The minimum Gasteiger partial charge on any atom is -0.465 e. The smallest absolute Gasteiger partial charge is 0.302 e. The van der Waals surface area contributed by atoms with Crippen molar-refractivity contribution in [3.05, 3.63) is 12.3 Å². The highest BCUT2D eigenvalue weighted by atomic mass is 32.2. The lowest BCUT2D eigenvalue weighted by Gasteiger charge is -2.45. The van der Waals surface area contributed by atoms with Crippen LogP contribution in [0, 0.1) is 5.92 Å². The Labute approximate surface area is 86.3 Å². The Morgan fingerprint density at radius 2 is 2.57 bits per heavy atom. The fourth-order valence-corrected chi connectivity index (χ4v) is 2.73. The zero-order valence-corrected chi connectivity index (χ0v) is 8.62. The molecule has 14 heavy (non-hydrogen) atoms. The van der Waals surface area contributed by atoms with Crippen molar-refractivity contribution in [1.29, 1.82) is 0 Å². The van der Waals surface area contributed by atoms with Gasteiger partial charge in [0.25, 0.3) is 0 Å². The van der Waals surface area contributed by atoms with E-state index in [0.717, 1.165) is 5.75 Å². The van der Waals surface area contributed by atoms with Gasteiger partial charge in [0.15, 0.2) is 0 Å². The number of carbonyl (C=O) groups excluding carboxylic acids is 2. The van der Waals surface area contributed by atoms with E-state index in [-0.39, 0.29) is 29.8 Å². The molecule has 76 valence electrons. The quantitative estimate of drug-likeness (QED) is 0.497. The Morgan fingerprint density at radius 1 is 1.79 bits per heavy atom. The van der Waals surface area contributed by atoms with Crippen LogP contribution in [0.25, 0.3) is 0 Å². The standard InChI is InChI=1S/C9H11NO3S/c1-6(11)13-5-7-8(12)10-3-2-4-14-9(7)10/h2-3,7,9H,4-5H2,1H3/t7?,9-/m0/s1. The fraction of sp³-hybridized carbons (Fsp3) is 0.556. The summed E-state index contributed by atoms with van der Waals surface area (Å²) in [5, 5.41) is 0.173. The highest BCUT2D eigenvalue weighted by Crippen LogP contribution is 2.38. The van der Waals surface area contributed by atoms with Gasteiger partial charge in [-0.25, -0.2) is 0 Å². The summed E-state index contributed by atoms with van der Waals surface area (Å²) in [7, 11) is 0. The van der Waals surface area contributed by atoms with Crippen molar-refractivity contribution in [3.8, 4) is 0 Å². The molecule has 2 heterocycles. The number of ether oxygens (including phenoxy) is 1. The molecule has 0 aromatic rings. The van der Waals surface area contributed by atoms with Crippen molar-refractivity contribution >= 4 is 23.6 Å². The average molecular weight is 213 g/mol. The summed E-state index contributed by atoms with van der Waals surface area (Å²) < 4.78 is 4.84. The van der Waals surface area contributed by atoms with E-state index < -0.39 is 0 Å². The van der Waals surface area contributed by atoms with Crippen LogP contribution in [0.2, 0.25) is 0 Å². The lowest BCUT2D eigenvalue weighted by molar-refractivity contribution is -0.154. The third-order valence-electron chi connectivity index (χ3n) is 2.29. The van der Waals surface area contributed by atoms with Crippen LogP contribution in [0.3, 0.4) is 0 Å². The van der Waals surface area contributed by atoms with Gasteiger partial charge in [-0.05, 0) is 0 Å². The predicted molar refractivity (Wildman–Crippen MR) is 52.4 cm³/mol. The molecule has 1 amide bonds. The van der Waals surface area contributed by atoms with Crippen LogP contribution in [0.4, 0.5) is 0 Å². The Balaban J connectivity index is 1.92. The molecule has 0 N–H and O–H groups in total. The molecule has 5 heteroatoms. The Kier molecular flexibility index (Phi) is 2.50. The topological polar surface area (TPSA) is 46.6 Å². The second kappa shape index (κ2) is 3.65. The SMILES string of the molecule is CC(=O)OCC1C(=O)N2C=CCS[C@@H]12. The van der Waals surface area contributed by atoms with Crippen molar-refractivity contribution in [3.63, 3.8) is 0 Å². The van der Waals surface area contributed by atoms with Gasteiger partial charge in [0.2, 0.25) is 5.91 Å². The summed E-state index contributed by atoms with van der Waals surface area (Å²) in [5.74, 6) is 0.506. The van der Waals surface area contributed by atoms with Crippen LogP contribution in [-0.4, -0.2) is 34.5 Å². The van der Waals surface area contributed by atoms with Crippen molar-refractivity contribution in [2.45, 2.75) is 12.3 Å². The van der Waals surface area contributed by atoms with Gasteiger partial charge < -0.3 is 9.64 Å². The highest BCUT2D eigenvalue weighted by molar-refractivity contribution is 8.00. The molecule has 0 aromatic heterocycles. The van der Waals surface area contributed by atoms with E-state index in [2.05, 4.69) is 0 Å². The molecule has 0 radical (unpaired) electrons. The zero-order chi connectivity index (χ0) is 10.1. The molecule has 0 saturated carbocycles. The molecule has 0 aliphatic carbocycles. The van der Waals surface area contributed by atoms with E-state index in [1.165, 1.54) is 6.92 Å². The Bertz CT molecular complexity index is 302. The second-order valence-electron chi connectivity index (χ2n) is 3.26. The largest absolute Gasteiger partial charge is 0.465 e. The molecule has 1 saturated heterocycles. The predicted octanol–water partition coefficient (Wildman–Crippen LogP) is 0.595. The molecule has 2 aliphatic rings. The Morgan fingerprint density at radius 3 is 3.29 bits per heavy atom. The molecule has 0 bridgehead atoms. The molecule has 2 atom stereocenters. The summed E-state index contributed by atoms with van der Waals surface area (Å²) >= 11 is 1.70. The third kappa shape index (κ3) is 1.52. The van der Waals surface area contributed by atoms with Gasteiger partial charge in [-0.1, -0.05) is 6.08 Å². The van der Waals surface area contributed by atoms with Crippen LogP contribution in [0.1, 0.15) is 6.92 Å². The van der Waals surface area contributed by atoms with Crippen molar-refractivity contribution in [2.24, 2.45) is 5.92 Å². The third-order valence-corrected chi connectivity index (χ3v) is 3.57. The van der Waals surface area contributed by atoms with E-state index in [0.29, 0.717) is 0 Å². The first-order valence-corrected chi connectivity index (χ1v) is 5.49. The molecule has 2 aliphatic heterocycles. The number of hydrogen-bond acceptors (Lipinski definition) is 4. The van der Waals surface area contributed by atoms with Gasteiger partial charge >= 0.3 is 5.97 Å². The van der Waals surface area contributed by atoms with Crippen molar-refractivity contribution in [1.82, 2.24) is 4.90 Å². The maximum Gasteiger partial charge on any atom is 0.302 e. The molecular weight excluding hydrogens is 202 g/mol. The normalized spacial score (nSPS) is 29.5. The molecular formula is C9H11NO3S. The van der Waals surface area contributed by atoms with Crippen molar-refractivity contribution < 1.29 is 14.3 Å². The summed E-state index contributed by atoms with van der Waals surface area (Å²) in [6, 6.07) is 0. The second-order valence-corrected chi connectivity index (χ2v) is 4.41. The molecule has 0 spiro atoms. The monoisotopic (exact) mass is 213 g/mol. The maximum absolute atomic E-state index is 11.5. The van der Waals surface area contributed by atoms with E-state index in [9.17, 15) is 9.59 Å². The molecule has 2 rings (SSSR count). The van der Waals surface area contributed by atoms with Gasteiger partial charge in [0.05, 0.1) is 5.37 Å². The number of nitrogens with zero attached hydrogens (tertiary/aromatic N) is 1. The molecule has 1 fully saturated rings. The Hall–Kier alpha value is -0.970. The first-order valence-electron chi connectivity index (χ1n) is 4.44. The van der Waals surface area contributed by atoms with E-state index in [1.54, 1.807) is 16.7 Å². The van der Waals surface area contributed by atoms with Crippen LogP contribution < -0.4 is 0 Å². The van der Waals surface area contributed by atoms with E-state index in [4.69, 9.17) is 4.74 Å². The molecule has 0 aromatic carbocycles. The number of rotatable bonds is 2. The average Bonchev–Trinajstić information content (AvgIpc) is 2.17. The number of β-lactam (4-membered cyclic amide) rings is 1. The van der Waals surface area contributed by atoms with Crippen molar-refractivity contribution in [2.75, 3.05) is 12.4 Å². The first kappa shape index (κ1) is 9.58. The summed E-state index contributed by atoms with van der Waals surface area (Å²) in [5.41, 5.74) is 0. The van der Waals surface area contributed by atoms with Gasteiger partial charge in [0.1, 0.15) is 12.5 Å². The summed E-state index contributed by atoms with van der Waals surface area (Å²) in [6.45, 7) is 1.57. The maximum atomic E-state index is 11.5. The van der Waals surface area contributed by atoms with Crippen LogP contribution >= 0.6 is 11.8 Å². The van der Waals surface area contributed by atoms with Gasteiger partial charge in [-0.3, -0.25) is 9.59 Å². The lowest BCUT2D eigenvalue weighted by Crippen LogP contribution is -2.59. The minimum atomic E-state index is -0.326. The van der Waals surface area contributed by atoms with E-state index >= 15 is 0 Å². The number of esters is 1. The number of thioether (sulfide) groups is 1. The molecule has 4 nitrogen and oxygen atoms in total. The highest BCUT2D eigenvalue weighted by Gasteiger charge is 2.47. The minimum absolute atomic E-state index is 0.0553. The number of carbonyl (C=O) groups is 2. The summed E-state index contributed by atoms with van der Waals surface area (Å²) in [4.78, 5) is 23.8. The fourth-order valence-electron chi connectivity index (χ4n) is 1.58. The number of fused-ring (bicyclic) bond motifs is 1. The van der Waals surface area contributed by atoms with Gasteiger partial charge in [0, 0.05) is 18.9 Å². The van der Waals surface area contributed by atoms with Crippen LogP contribution in [-0.2, 0) is 14.3 Å². The number of amides is 1.